The van der Waals surface area contributed by atoms with Crippen LogP contribution in [-0.4, -0.2) is 24.9 Å². The van der Waals surface area contributed by atoms with E-state index in [9.17, 15) is 9.59 Å². The first-order valence-corrected chi connectivity index (χ1v) is 7.01. The van der Waals surface area contributed by atoms with Crippen molar-refractivity contribution >= 4 is 17.5 Å². The molecule has 0 spiro atoms. The second-order valence-corrected chi connectivity index (χ2v) is 4.68. The van der Waals surface area contributed by atoms with Crippen molar-refractivity contribution in [1.29, 1.82) is 0 Å². The summed E-state index contributed by atoms with van der Waals surface area (Å²) >= 11 is 0. The third kappa shape index (κ3) is 6.33. The van der Waals surface area contributed by atoms with Gasteiger partial charge in [0, 0.05) is 5.69 Å². The lowest BCUT2D eigenvalue weighted by atomic mass is 10.1. The number of aryl methyl sites for hydroxylation is 1. The molecule has 0 heterocycles. The highest BCUT2D eigenvalue weighted by Gasteiger charge is 2.04. The molecule has 0 radical (unpaired) electrons. The Hall–Kier alpha value is -1.88. The highest BCUT2D eigenvalue weighted by Crippen LogP contribution is 2.12. The highest BCUT2D eigenvalue weighted by molar-refractivity contribution is 5.94. The molecule has 0 fully saturated rings. The number of benzene rings is 1. The Balaban J connectivity index is 2.36. The largest absolute Gasteiger partial charge is 0.346 e. The van der Waals surface area contributed by atoms with Crippen LogP contribution in [0.4, 0.5) is 5.69 Å². The average molecular weight is 277 g/mol. The SMILES string of the molecule is CCCCCc1ccc(NC(=O)CNC(=O)CN)cc1. The maximum absolute atomic E-state index is 11.6. The van der Waals surface area contributed by atoms with Gasteiger partial charge in [0.05, 0.1) is 13.1 Å². The summed E-state index contributed by atoms with van der Waals surface area (Å²) in [5.41, 5.74) is 7.14. The second kappa shape index (κ2) is 9.09. The van der Waals surface area contributed by atoms with Gasteiger partial charge in [-0.2, -0.15) is 0 Å². The molecular formula is C15H23N3O2. The normalized spacial score (nSPS) is 10.1. The number of hydrogen-bond donors (Lipinski definition) is 3. The van der Waals surface area contributed by atoms with Crippen LogP contribution in [0.25, 0.3) is 0 Å². The summed E-state index contributed by atoms with van der Waals surface area (Å²) in [5.74, 6) is -0.600. The predicted molar refractivity (Wildman–Crippen MR) is 80.4 cm³/mol. The minimum absolute atomic E-state index is 0.0612. The molecule has 0 aromatic heterocycles. The summed E-state index contributed by atoms with van der Waals surface area (Å²) in [6.07, 6.45) is 4.70. The standard InChI is InChI=1S/C15H23N3O2/c1-2-3-4-5-12-6-8-13(9-7-12)18-15(20)11-17-14(19)10-16/h6-9H,2-5,10-11,16H2,1H3,(H,17,19)(H,18,20). The smallest absolute Gasteiger partial charge is 0.243 e. The molecule has 0 aliphatic rings. The van der Waals surface area contributed by atoms with E-state index in [2.05, 4.69) is 17.6 Å². The van der Waals surface area contributed by atoms with E-state index < -0.39 is 0 Å². The maximum Gasteiger partial charge on any atom is 0.243 e. The van der Waals surface area contributed by atoms with Crippen LogP contribution >= 0.6 is 0 Å². The van der Waals surface area contributed by atoms with Gasteiger partial charge < -0.3 is 16.4 Å². The lowest BCUT2D eigenvalue weighted by Crippen LogP contribution is -2.36. The van der Waals surface area contributed by atoms with E-state index in [1.54, 1.807) is 0 Å². The number of nitrogens with two attached hydrogens (primary N) is 1. The predicted octanol–water partition coefficient (Wildman–Crippen LogP) is 1.43. The lowest BCUT2D eigenvalue weighted by Gasteiger charge is -2.07. The van der Waals surface area contributed by atoms with Gasteiger partial charge in [0.25, 0.3) is 0 Å². The van der Waals surface area contributed by atoms with Crippen LogP contribution in [-0.2, 0) is 16.0 Å². The van der Waals surface area contributed by atoms with Crippen molar-refractivity contribution in [3.8, 4) is 0 Å². The monoisotopic (exact) mass is 277 g/mol. The topological polar surface area (TPSA) is 84.2 Å². The molecule has 2 amide bonds. The van der Waals surface area contributed by atoms with Gasteiger partial charge in [0.2, 0.25) is 11.8 Å². The third-order valence-electron chi connectivity index (χ3n) is 2.94. The van der Waals surface area contributed by atoms with E-state index in [1.807, 2.05) is 24.3 Å². The molecule has 0 unspecified atom stereocenters. The summed E-state index contributed by atoms with van der Waals surface area (Å²) in [7, 11) is 0. The number of rotatable bonds is 8. The Morgan fingerprint density at radius 2 is 1.80 bits per heavy atom. The first kappa shape index (κ1) is 16.2. The first-order chi connectivity index (χ1) is 9.65. The van der Waals surface area contributed by atoms with E-state index in [0.29, 0.717) is 0 Å². The van der Waals surface area contributed by atoms with Crippen LogP contribution in [0.2, 0.25) is 0 Å². The van der Waals surface area contributed by atoms with Crippen LogP contribution in [0.1, 0.15) is 31.7 Å². The molecule has 0 aliphatic heterocycles. The van der Waals surface area contributed by atoms with Gasteiger partial charge in [-0.05, 0) is 30.5 Å². The first-order valence-electron chi connectivity index (χ1n) is 7.01. The molecule has 0 aliphatic carbocycles. The molecule has 0 bridgehead atoms. The van der Waals surface area contributed by atoms with Crippen LogP contribution < -0.4 is 16.4 Å². The van der Waals surface area contributed by atoms with E-state index in [1.165, 1.54) is 24.8 Å². The molecule has 0 saturated heterocycles. The van der Waals surface area contributed by atoms with Crippen molar-refractivity contribution in [2.45, 2.75) is 32.6 Å². The fraction of sp³-hybridized carbons (Fsp3) is 0.467. The third-order valence-corrected chi connectivity index (χ3v) is 2.94. The Bertz CT molecular complexity index is 429. The van der Waals surface area contributed by atoms with E-state index >= 15 is 0 Å². The summed E-state index contributed by atoms with van der Waals surface area (Å²) in [6.45, 7) is 2.01. The number of hydrogen-bond acceptors (Lipinski definition) is 3. The van der Waals surface area contributed by atoms with Gasteiger partial charge in [-0.25, -0.2) is 0 Å². The summed E-state index contributed by atoms with van der Waals surface area (Å²) in [6, 6.07) is 7.79. The molecule has 5 heteroatoms. The van der Waals surface area contributed by atoms with Crippen LogP contribution in [0.5, 0.6) is 0 Å². The molecule has 1 aromatic rings. The van der Waals surface area contributed by atoms with Crippen molar-refractivity contribution in [1.82, 2.24) is 5.32 Å². The number of carbonyl (C=O) groups excluding carboxylic acids is 2. The van der Waals surface area contributed by atoms with Gasteiger partial charge in [0.15, 0.2) is 0 Å². The maximum atomic E-state index is 11.6. The fourth-order valence-electron chi connectivity index (χ4n) is 1.79. The van der Waals surface area contributed by atoms with Crippen LogP contribution in [0.3, 0.4) is 0 Å². The molecule has 0 atom stereocenters. The van der Waals surface area contributed by atoms with E-state index in [0.717, 1.165) is 12.1 Å². The van der Waals surface area contributed by atoms with Crippen molar-refractivity contribution < 1.29 is 9.59 Å². The van der Waals surface area contributed by atoms with Crippen LogP contribution in [0.15, 0.2) is 24.3 Å². The van der Waals surface area contributed by atoms with Crippen molar-refractivity contribution in [3.05, 3.63) is 29.8 Å². The molecule has 1 rings (SSSR count). The van der Waals surface area contributed by atoms with Crippen molar-refractivity contribution in [2.75, 3.05) is 18.4 Å². The average Bonchev–Trinajstić information content (AvgIpc) is 2.47. The van der Waals surface area contributed by atoms with Crippen molar-refractivity contribution in [2.24, 2.45) is 5.73 Å². The Kier molecular flexibility index (Phi) is 7.35. The van der Waals surface area contributed by atoms with E-state index in [4.69, 9.17) is 5.73 Å². The minimum atomic E-state index is -0.341. The number of anilines is 1. The Labute approximate surface area is 119 Å². The number of unbranched alkanes of at least 4 members (excludes halogenated alkanes) is 2. The van der Waals surface area contributed by atoms with Gasteiger partial charge in [0.1, 0.15) is 0 Å². The number of nitrogens with one attached hydrogen (secondary N) is 2. The molecule has 0 saturated carbocycles. The molecule has 20 heavy (non-hydrogen) atoms. The zero-order valence-corrected chi connectivity index (χ0v) is 11.9. The van der Waals surface area contributed by atoms with Crippen molar-refractivity contribution in [3.63, 3.8) is 0 Å². The zero-order chi connectivity index (χ0) is 14.8. The molecule has 1 aromatic carbocycles. The van der Waals surface area contributed by atoms with E-state index in [-0.39, 0.29) is 24.9 Å². The summed E-state index contributed by atoms with van der Waals surface area (Å²) < 4.78 is 0. The molecule has 110 valence electrons. The Morgan fingerprint density at radius 1 is 1.10 bits per heavy atom. The molecule has 4 N–H and O–H groups in total. The van der Waals surface area contributed by atoms with Gasteiger partial charge in [-0.15, -0.1) is 0 Å². The summed E-state index contributed by atoms with van der Waals surface area (Å²) in [5, 5.41) is 5.14. The lowest BCUT2D eigenvalue weighted by molar-refractivity contribution is -0.123. The number of amides is 2. The van der Waals surface area contributed by atoms with Gasteiger partial charge >= 0.3 is 0 Å². The molecular weight excluding hydrogens is 254 g/mol. The second-order valence-electron chi connectivity index (χ2n) is 4.68. The van der Waals surface area contributed by atoms with Gasteiger partial charge in [-0.1, -0.05) is 31.9 Å². The van der Waals surface area contributed by atoms with Crippen LogP contribution in [0, 0.1) is 0 Å². The highest BCUT2D eigenvalue weighted by atomic mass is 16.2. The number of carbonyl (C=O) groups is 2. The molecule has 5 nitrogen and oxygen atoms in total. The zero-order valence-electron chi connectivity index (χ0n) is 11.9. The minimum Gasteiger partial charge on any atom is -0.346 e. The quantitative estimate of drug-likeness (QED) is 0.628. The fourth-order valence-corrected chi connectivity index (χ4v) is 1.79. The summed E-state index contributed by atoms with van der Waals surface area (Å²) in [4.78, 5) is 22.5. The van der Waals surface area contributed by atoms with Gasteiger partial charge in [-0.3, -0.25) is 9.59 Å². The Morgan fingerprint density at radius 3 is 2.40 bits per heavy atom.